The first-order chi connectivity index (χ1) is 6.97. The lowest BCUT2D eigenvalue weighted by Gasteiger charge is -2.20. The van der Waals surface area contributed by atoms with E-state index in [1.807, 2.05) is 7.05 Å². The Morgan fingerprint density at radius 2 is 1.93 bits per heavy atom. The fraction of sp³-hybridized carbons (Fsp3) is 0.917. The van der Waals surface area contributed by atoms with Gasteiger partial charge in [-0.3, -0.25) is 4.79 Å². The maximum absolute atomic E-state index is 11.7. The molecule has 15 heavy (non-hydrogen) atoms. The minimum atomic E-state index is 0.246. The van der Waals surface area contributed by atoms with Gasteiger partial charge in [-0.2, -0.15) is 0 Å². The van der Waals surface area contributed by atoms with Crippen LogP contribution in [0.5, 0.6) is 0 Å². The molecular weight excluding hydrogens is 188 g/mol. The van der Waals surface area contributed by atoms with Crippen LogP contribution in [-0.4, -0.2) is 30.9 Å². The van der Waals surface area contributed by atoms with E-state index in [2.05, 4.69) is 20.8 Å². The van der Waals surface area contributed by atoms with E-state index in [-0.39, 0.29) is 5.91 Å². The van der Waals surface area contributed by atoms with Crippen molar-refractivity contribution in [3.05, 3.63) is 0 Å². The van der Waals surface area contributed by atoms with Crippen LogP contribution in [0.15, 0.2) is 0 Å². The topological polar surface area (TPSA) is 46.3 Å². The highest BCUT2D eigenvalue weighted by molar-refractivity contribution is 5.75. The number of amides is 1. The van der Waals surface area contributed by atoms with Crippen LogP contribution in [0.2, 0.25) is 0 Å². The minimum Gasteiger partial charge on any atom is -0.345 e. The molecule has 1 atom stereocenters. The van der Waals surface area contributed by atoms with Crippen molar-refractivity contribution in [1.29, 1.82) is 0 Å². The molecule has 0 aliphatic rings. The summed E-state index contributed by atoms with van der Waals surface area (Å²) in [7, 11) is 1.86. The highest BCUT2D eigenvalue weighted by Crippen LogP contribution is 2.08. The molecule has 1 amide bonds. The monoisotopic (exact) mass is 214 g/mol. The van der Waals surface area contributed by atoms with Gasteiger partial charge in [0, 0.05) is 20.0 Å². The summed E-state index contributed by atoms with van der Waals surface area (Å²) >= 11 is 0. The van der Waals surface area contributed by atoms with Crippen molar-refractivity contribution >= 4 is 5.91 Å². The zero-order chi connectivity index (χ0) is 11.8. The third kappa shape index (κ3) is 7.37. The molecule has 0 aliphatic heterocycles. The molecule has 1 unspecified atom stereocenters. The number of hydrogen-bond acceptors (Lipinski definition) is 2. The smallest absolute Gasteiger partial charge is 0.222 e. The largest absolute Gasteiger partial charge is 0.345 e. The van der Waals surface area contributed by atoms with E-state index in [9.17, 15) is 4.79 Å². The molecule has 0 radical (unpaired) electrons. The molecule has 0 bridgehead atoms. The van der Waals surface area contributed by atoms with Gasteiger partial charge in [0.05, 0.1) is 0 Å². The summed E-state index contributed by atoms with van der Waals surface area (Å²) in [4.78, 5) is 13.5. The number of carbonyl (C=O) groups excluding carboxylic acids is 1. The average Bonchev–Trinajstić information content (AvgIpc) is 2.16. The predicted molar refractivity (Wildman–Crippen MR) is 64.5 cm³/mol. The molecule has 0 aromatic rings. The summed E-state index contributed by atoms with van der Waals surface area (Å²) in [6.45, 7) is 7.86. The summed E-state index contributed by atoms with van der Waals surface area (Å²) in [5.41, 5.74) is 5.52. The first-order valence-electron chi connectivity index (χ1n) is 5.91. The van der Waals surface area contributed by atoms with E-state index in [1.54, 1.807) is 4.90 Å². The van der Waals surface area contributed by atoms with E-state index in [1.165, 1.54) is 0 Å². The second-order valence-electron chi connectivity index (χ2n) is 4.90. The van der Waals surface area contributed by atoms with Gasteiger partial charge in [-0.05, 0) is 24.8 Å². The minimum absolute atomic E-state index is 0.246. The van der Waals surface area contributed by atoms with E-state index in [0.29, 0.717) is 24.8 Å². The van der Waals surface area contributed by atoms with Gasteiger partial charge in [0.15, 0.2) is 0 Å². The first-order valence-corrected chi connectivity index (χ1v) is 5.91. The quantitative estimate of drug-likeness (QED) is 0.703. The summed E-state index contributed by atoms with van der Waals surface area (Å²) in [6.07, 6.45) is 2.80. The Bertz CT molecular complexity index is 180. The number of nitrogens with two attached hydrogens (primary N) is 1. The van der Waals surface area contributed by atoms with Crippen LogP contribution in [0.4, 0.5) is 0 Å². The van der Waals surface area contributed by atoms with E-state index >= 15 is 0 Å². The molecule has 0 saturated heterocycles. The second-order valence-corrected chi connectivity index (χ2v) is 4.90. The zero-order valence-corrected chi connectivity index (χ0v) is 10.6. The van der Waals surface area contributed by atoms with Crippen LogP contribution in [-0.2, 0) is 4.79 Å². The highest BCUT2D eigenvalue weighted by atomic mass is 16.2. The van der Waals surface area contributed by atoms with Crippen molar-refractivity contribution < 1.29 is 4.79 Å². The molecule has 2 N–H and O–H groups in total. The van der Waals surface area contributed by atoms with Gasteiger partial charge >= 0.3 is 0 Å². The lowest BCUT2D eigenvalue weighted by atomic mass is 10.1. The van der Waals surface area contributed by atoms with Crippen molar-refractivity contribution in [2.75, 3.05) is 20.1 Å². The van der Waals surface area contributed by atoms with Crippen LogP contribution in [0.25, 0.3) is 0 Å². The van der Waals surface area contributed by atoms with Gasteiger partial charge in [0.2, 0.25) is 5.91 Å². The summed E-state index contributed by atoms with van der Waals surface area (Å²) in [6, 6.07) is 0. The van der Waals surface area contributed by atoms with Crippen LogP contribution in [0.1, 0.15) is 40.0 Å². The molecule has 3 heteroatoms. The predicted octanol–water partition coefficient (Wildman–Crippen LogP) is 1.87. The highest BCUT2D eigenvalue weighted by Gasteiger charge is 2.11. The zero-order valence-electron chi connectivity index (χ0n) is 10.6. The van der Waals surface area contributed by atoms with E-state index < -0.39 is 0 Å². The van der Waals surface area contributed by atoms with Crippen molar-refractivity contribution in [3.8, 4) is 0 Å². The molecule has 0 aliphatic carbocycles. The Hall–Kier alpha value is -0.570. The molecule has 90 valence electrons. The fourth-order valence-electron chi connectivity index (χ4n) is 1.50. The standard InChI is InChI=1S/C12H26N2O/c1-10(2)6-5-7-12(15)14(4)9-11(3)8-13/h10-11H,5-9,13H2,1-4H3. The van der Waals surface area contributed by atoms with E-state index in [4.69, 9.17) is 5.73 Å². The Morgan fingerprint density at radius 3 is 2.40 bits per heavy atom. The lowest BCUT2D eigenvalue weighted by molar-refractivity contribution is -0.130. The molecule has 0 aromatic carbocycles. The summed E-state index contributed by atoms with van der Waals surface area (Å²) in [5.74, 6) is 1.33. The summed E-state index contributed by atoms with van der Waals surface area (Å²) < 4.78 is 0. The molecule has 0 heterocycles. The maximum atomic E-state index is 11.7. The molecule has 0 spiro atoms. The third-order valence-electron chi connectivity index (χ3n) is 2.59. The van der Waals surface area contributed by atoms with Crippen LogP contribution in [0.3, 0.4) is 0 Å². The van der Waals surface area contributed by atoms with Crippen LogP contribution in [0, 0.1) is 11.8 Å². The van der Waals surface area contributed by atoms with Crippen molar-refractivity contribution in [2.24, 2.45) is 17.6 Å². The molecule has 0 saturated carbocycles. The van der Waals surface area contributed by atoms with Crippen molar-refractivity contribution in [1.82, 2.24) is 4.90 Å². The Kier molecular flexibility index (Phi) is 7.39. The van der Waals surface area contributed by atoms with Crippen molar-refractivity contribution in [3.63, 3.8) is 0 Å². The average molecular weight is 214 g/mol. The van der Waals surface area contributed by atoms with Gasteiger partial charge in [0.1, 0.15) is 0 Å². The lowest BCUT2D eigenvalue weighted by Crippen LogP contribution is -2.33. The number of rotatable bonds is 7. The molecule has 0 aromatic heterocycles. The van der Waals surface area contributed by atoms with Gasteiger partial charge in [0.25, 0.3) is 0 Å². The van der Waals surface area contributed by atoms with Gasteiger partial charge in [-0.25, -0.2) is 0 Å². The molecule has 0 rings (SSSR count). The number of nitrogens with zero attached hydrogens (tertiary/aromatic N) is 1. The van der Waals surface area contributed by atoms with Crippen LogP contribution < -0.4 is 5.73 Å². The normalized spacial score (nSPS) is 12.9. The van der Waals surface area contributed by atoms with Gasteiger partial charge in [-0.15, -0.1) is 0 Å². The van der Waals surface area contributed by atoms with Crippen molar-refractivity contribution in [2.45, 2.75) is 40.0 Å². The molecule has 0 fully saturated rings. The molecule has 3 nitrogen and oxygen atoms in total. The summed E-state index contributed by atoms with van der Waals surface area (Å²) in [5, 5.41) is 0. The van der Waals surface area contributed by atoms with Gasteiger partial charge < -0.3 is 10.6 Å². The Balaban J connectivity index is 3.69. The first kappa shape index (κ1) is 14.4. The van der Waals surface area contributed by atoms with Crippen LogP contribution >= 0.6 is 0 Å². The molecular formula is C12H26N2O. The Labute approximate surface area is 94.0 Å². The third-order valence-corrected chi connectivity index (χ3v) is 2.59. The van der Waals surface area contributed by atoms with E-state index in [0.717, 1.165) is 19.4 Å². The van der Waals surface area contributed by atoms with Gasteiger partial charge in [-0.1, -0.05) is 27.2 Å². The SMILES string of the molecule is CC(C)CCCC(=O)N(C)CC(C)CN. The fourth-order valence-corrected chi connectivity index (χ4v) is 1.50. The maximum Gasteiger partial charge on any atom is 0.222 e. The number of hydrogen-bond donors (Lipinski definition) is 1. The second kappa shape index (κ2) is 7.69. The number of carbonyl (C=O) groups is 1. The Morgan fingerprint density at radius 1 is 1.33 bits per heavy atom.